The topological polar surface area (TPSA) is 39.2 Å². The first kappa shape index (κ1) is 14.4. The van der Waals surface area contributed by atoms with Crippen LogP contribution in [-0.4, -0.2) is 11.0 Å². The molecule has 0 amide bonds. The largest absolute Gasteiger partial charge is 0.456 e. The summed E-state index contributed by atoms with van der Waals surface area (Å²) in [5, 5.41) is 0. The van der Waals surface area contributed by atoms with Crippen LogP contribution in [0, 0.1) is 0 Å². The van der Waals surface area contributed by atoms with Gasteiger partial charge in [-0.25, -0.2) is 4.79 Å². The van der Waals surface area contributed by atoms with Gasteiger partial charge < -0.3 is 4.74 Å². The lowest BCUT2D eigenvalue weighted by atomic mass is 10.1. The molecule has 1 heterocycles. The minimum atomic E-state index is -0.212. The molecule has 98 valence electrons. The summed E-state index contributed by atoms with van der Waals surface area (Å²) >= 11 is 0. The summed E-state index contributed by atoms with van der Waals surface area (Å²) in [4.78, 5) is 16.0. The Morgan fingerprint density at radius 2 is 2.17 bits per heavy atom. The summed E-state index contributed by atoms with van der Waals surface area (Å²) in [5.74, 6) is -0.212. The second-order valence-corrected chi connectivity index (χ2v) is 4.17. The van der Waals surface area contributed by atoms with Gasteiger partial charge in [0, 0.05) is 11.8 Å². The van der Waals surface area contributed by atoms with Crippen molar-refractivity contribution in [3.63, 3.8) is 0 Å². The molecule has 0 saturated heterocycles. The van der Waals surface area contributed by atoms with E-state index in [0.29, 0.717) is 0 Å². The molecular formula is C15H21NO2. The standard InChI is InChI=1S/C15H21NO2/c1-3-5-9-13(8-4-2)15(17)18-12-14-10-6-7-11-16-14/h6-7,9-11H,3-5,8,12H2,1-2H3/b13-9+. The number of pyridine rings is 1. The van der Waals surface area contributed by atoms with Crippen LogP contribution in [0.25, 0.3) is 0 Å². The van der Waals surface area contributed by atoms with Crippen LogP contribution in [0.1, 0.15) is 45.2 Å². The zero-order valence-electron chi connectivity index (χ0n) is 11.2. The number of carbonyl (C=O) groups is 1. The van der Waals surface area contributed by atoms with E-state index >= 15 is 0 Å². The Morgan fingerprint density at radius 3 is 2.78 bits per heavy atom. The van der Waals surface area contributed by atoms with Crippen molar-refractivity contribution in [2.75, 3.05) is 0 Å². The highest BCUT2D eigenvalue weighted by atomic mass is 16.5. The van der Waals surface area contributed by atoms with Crippen LogP contribution in [0.4, 0.5) is 0 Å². The summed E-state index contributed by atoms with van der Waals surface area (Å²) in [5.41, 5.74) is 1.56. The molecule has 0 aromatic carbocycles. The van der Waals surface area contributed by atoms with Crippen molar-refractivity contribution in [3.8, 4) is 0 Å². The number of aromatic nitrogens is 1. The maximum absolute atomic E-state index is 11.9. The highest BCUT2D eigenvalue weighted by molar-refractivity contribution is 5.88. The maximum Gasteiger partial charge on any atom is 0.334 e. The summed E-state index contributed by atoms with van der Waals surface area (Å²) in [6.45, 7) is 4.40. The first-order valence-corrected chi connectivity index (χ1v) is 6.54. The summed E-state index contributed by atoms with van der Waals surface area (Å²) < 4.78 is 5.27. The van der Waals surface area contributed by atoms with Crippen molar-refractivity contribution in [3.05, 3.63) is 41.7 Å². The van der Waals surface area contributed by atoms with Gasteiger partial charge in [-0.15, -0.1) is 0 Å². The Morgan fingerprint density at radius 1 is 1.33 bits per heavy atom. The van der Waals surface area contributed by atoms with Gasteiger partial charge in [0.05, 0.1) is 5.69 Å². The molecule has 1 aromatic rings. The maximum atomic E-state index is 11.9. The fourth-order valence-electron chi connectivity index (χ4n) is 1.59. The SMILES string of the molecule is CCC/C=C(\CCC)C(=O)OCc1ccccn1. The van der Waals surface area contributed by atoms with Gasteiger partial charge in [-0.05, 0) is 25.0 Å². The molecule has 3 heteroatoms. The van der Waals surface area contributed by atoms with Crippen molar-refractivity contribution in [2.45, 2.75) is 46.1 Å². The molecule has 0 radical (unpaired) electrons. The Bertz CT molecular complexity index is 385. The van der Waals surface area contributed by atoms with E-state index < -0.39 is 0 Å². The molecule has 0 aliphatic carbocycles. The van der Waals surface area contributed by atoms with Crippen LogP contribution in [0.5, 0.6) is 0 Å². The van der Waals surface area contributed by atoms with E-state index in [1.54, 1.807) is 6.20 Å². The van der Waals surface area contributed by atoms with Gasteiger partial charge in [0.1, 0.15) is 6.61 Å². The zero-order valence-corrected chi connectivity index (χ0v) is 11.2. The van der Waals surface area contributed by atoms with Crippen molar-refractivity contribution >= 4 is 5.97 Å². The molecule has 18 heavy (non-hydrogen) atoms. The Hall–Kier alpha value is -1.64. The Labute approximate surface area is 109 Å². The molecule has 1 aromatic heterocycles. The molecule has 0 N–H and O–H groups in total. The molecular weight excluding hydrogens is 226 g/mol. The summed E-state index contributed by atoms with van der Waals surface area (Å²) in [6.07, 6.45) is 7.39. The quantitative estimate of drug-likeness (QED) is 0.545. The average Bonchev–Trinajstić information content (AvgIpc) is 2.42. The van der Waals surface area contributed by atoms with Gasteiger partial charge >= 0.3 is 5.97 Å². The first-order valence-electron chi connectivity index (χ1n) is 6.54. The van der Waals surface area contributed by atoms with E-state index in [-0.39, 0.29) is 12.6 Å². The van der Waals surface area contributed by atoms with E-state index in [1.807, 2.05) is 24.3 Å². The van der Waals surface area contributed by atoms with E-state index in [2.05, 4.69) is 18.8 Å². The van der Waals surface area contributed by atoms with Crippen LogP contribution in [0.15, 0.2) is 36.0 Å². The Balaban J connectivity index is 2.51. The van der Waals surface area contributed by atoms with Crippen LogP contribution in [-0.2, 0) is 16.1 Å². The van der Waals surface area contributed by atoms with Crippen LogP contribution in [0.2, 0.25) is 0 Å². The third kappa shape index (κ3) is 5.13. The van der Waals surface area contributed by atoms with E-state index in [1.165, 1.54) is 0 Å². The smallest absolute Gasteiger partial charge is 0.334 e. The monoisotopic (exact) mass is 247 g/mol. The number of esters is 1. The molecule has 0 saturated carbocycles. The highest BCUT2D eigenvalue weighted by Gasteiger charge is 2.10. The number of rotatable bonds is 7. The predicted octanol–water partition coefficient (Wildman–Crippen LogP) is 3.65. The number of hydrogen-bond acceptors (Lipinski definition) is 3. The van der Waals surface area contributed by atoms with Crippen LogP contribution in [0.3, 0.4) is 0 Å². The number of carbonyl (C=O) groups excluding carboxylic acids is 1. The number of allylic oxidation sites excluding steroid dienone is 1. The van der Waals surface area contributed by atoms with E-state index in [9.17, 15) is 4.79 Å². The van der Waals surface area contributed by atoms with Crippen molar-refractivity contribution < 1.29 is 9.53 Å². The van der Waals surface area contributed by atoms with Gasteiger partial charge in [-0.1, -0.05) is 38.8 Å². The molecule has 0 bridgehead atoms. The van der Waals surface area contributed by atoms with Crippen molar-refractivity contribution in [2.24, 2.45) is 0 Å². The zero-order chi connectivity index (χ0) is 13.2. The van der Waals surface area contributed by atoms with Crippen LogP contribution < -0.4 is 0 Å². The van der Waals surface area contributed by atoms with Crippen LogP contribution >= 0.6 is 0 Å². The lowest BCUT2D eigenvalue weighted by molar-refractivity contribution is -0.140. The number of ether oxygens (including phenoxy) is 1. The van der Waals surface area contributed by atoms with E-state index in [4.69, 9.17) is 4.74 Å². The molecule has 0 spiro atoms. The van der Waals surface area contributed by atoms with Crippen molar-refractivity contribution in [1.29, 1.82) is 0 Å². The second-order valence-electron chi connectivity index (χ2n) is 4.17. The molecule has 1 rings (SSSR count). The van der Waals surface area contributed by atoms with Gasteiger partial charge in [0.15, 0.2) is 0 Å². The molecule has 0 fully saturated rings. The number of hydrogen-bond donors (Lipinski definition) is 0. The summed E-state index contributed by atoms with van der Waals surface area (Å²) in [7, 11) is 0. The molecule has 0 aliphatic heterocycles. The predicted molar refractivity (Wildman–Crippen MR) is 71.9 cm³/mol. The minimum Gasteiger partial charge on any atom is -0.456 e. The fraction of sp³-hybridized carbons (Fsp3) is 0.467. The lowest BCUT2D eigenvalue weighted by Crippen LogP contribution is -2.08. The molecule has 0 atom stereocenters. The molecule has 0 aliphatic rings. The first-order chi connectivity index (χ1) is 8.77. The van der Waals surface area contributed by atoms with Gasteiger partial charge in [-0.3, -0.25) is 4.98 Å². The normalized spacial score (nSPS) is 11.3. The third-order valence-electron chi connectivity index (χ3n) is 2.54. The van der Waals surface area contributed by atoms with Gasteiger partial charge in [0.2, 0.25) is 0 Å². The minimum absolute atomic E-state index is 0.212. The summed E-state index contributed by atoms with van der Waals surface area (Å²) in [6, 6.07) is 5.58. The van der Waals surface area contributed by atoms with Gasteiger partial charge in [-0.2, -0.15) is 0 Å². The Kier molecular flexibility index (Phi) is 6.77. The number of unbranched alkanes of at least 4 members (excludes halogenated alkanes) is 1. The second kappa shape index (κ2) is 8.45. The highest BCUT2D eigenvalue weighted by Crippen LogP contribution is 2.10. The van der Waals surface area contributed by atoms with Crippen molar-refractivity contribution in [1.82, 2.24) is 4.98 Å². The average molecular weight is 247 g/mol. The third-order valence-corrected chi connectivity index (χ3v) is 2.54. The fourth-order valence-corrected chi connectivity index (χ4v) is 1.59. The van der Waals surface area contributed by atoms with E-state index in [0.717, 1.165) is 37.0 Å². The molecule has 0 unspecified atom stereocenters. The molecule has 3 nitrogen and oxygen atoms in total. The lowest BCUT2D eigenvalue weighted by Gasteiger charge is -2.07. The van der Waals surface area contributed by atoms with Gasteiger partial charge in [0.25, 0.3) is 0 Å². The number of nitrogens with zero attached hydrogens (tertiary/aromatic N) is 1.